The fraction of sp³-hybridized carbons (Fsp3) is 0.562. The highest BCUT2D eigenvalue weighted by Gasteiger charge is 2.33. The molecule has 3 fully saturated rings. The maximum absolute atomic E-state index is 13.5. The summed E-state index contributed by atoms with van der Waals surface area (Å²) < 4.78 is 21.6. The Bertz CT molecular complexity index is 1490. The van der Waals surface area contributed by atoms with Crippen LogP contribution in [0.3, 0.4) is 0 Å². The monoisotopic (exact) mass is 591 g/mol. The summed E-state index contributed by atoms with van der Waals surface area (Å²) in [7, 11) is 0. The normalized spacial score (nSPS) is 23.9. The summed E-state index contributed by atoms with van der Waals surface area (Å²) in [4.78, 5) is 43.2. The van der Waals surface area contributed by atoms with Crippen molar-refractivity contribution in [3.8, 4) is 5.88 Å². The lowest BCUT2D eigenvalue weighted by Crippen LogP contribution is -2.54. The number of piperazine rings is 1. The number of ether oxygens (including phenoxy) is 1. The van der Waals surface area contributed by atoms with Crippen LogP contribution in [0.1, 0.15) is 68.3 Å². The molecule has 1 aliphatic carbocycles. The molecular weight excluding hydrogens is 549 g/mol. The molecule has 1 atom stereocenters. The number of piperidine rings is 1. The van der Waals surface area contributed by atoms with Crippen LogP contribution in [0.5, 0.6) is 5.88 Å². The second-order valence-electron chi connectivity index (χ2n) is 12.1. The average Bonchev–Trinajstić information content (AvgIpc) is 3.39. The van der Waals surface area contributed by atoms with Crippen LogP contribution in [-0.4, -0.2) is 88.1 Å². The average molecular weight is 592 g/mol. The molecule has 0 unspecified atom stereocenters. The Morgan fingerprint density at radius 3 is 2.58 bits per heavy atom. The van der Waals surface area contributed by atoms with Gasteiger partial charge in [0.25, 0.3) is 5.91 Å². The van der Waals surface area contributed by atoms with Crippen LogP contribution >= 0.6 is 0 Å². The van der Waals surface area contributed by atoms with E-state index in [1.807, 2.05) is 11.0 Å². The quantitative estimate of drug-likeness (QED) is 0.434. The third kappa shape index (κ3) is 6.83. The molecule has 0 bridgehead atoms. The SMILES string of the molecule is C[C@@H]1CNCCN1C(=O)[C@H]1CC[C@@H](n2/c(=N/C(=O)c3ccc(F)cc3)[nH]c3cnc(OCCN4CCCCC4)cc32)CC1. The number of likely N-dealkylation sites (tertiary alicyclic amines) is 1. The van der Waals surface area contributed by atoms with Gasteiger partial charge < -0.3 is 24.5 Å². The van der Waals surface area contributed by atoms with E-state index in [2.05, 4.69) is 36.7 Å². The highest BCUT2D eigenvalue weighted by Crippen LogP contribution is 2.35. The van der Waals surface area contributed by atoms with Crippen molar-refractivity contribution in [2.75, 3.05) is 45.9 Å². The topological polar surface area (TPSA) is 108 Å². The van der Waals surface area contributed by atoms with Crippen molar-refractivity contribution in [2.24, 2.45) is 10.9 Å². The van der Waals surface area contributed by atoms with Gasteiger partial charge in [-0.2, -0.15) is 4.99 Å². The number of fused-ring (bicyclic) bond motifs is 1. The summed E-state index contributed by atoms with van der Waals surface area (Å²) >= 11 is 0. The van der Waals surface area contributed by atoms with Gasteiger partial charge in [0.2, 0.25) is 17.4 Å². The number of benzene rings is 1. The zero-order valence-electron chi connectivity index (χ0n) is 24.9. The number of H-pyrrole nitrogens is 1. The third-order valence-electron chi connectivity index (χ3n) is 9.19. The van der Waals surface area contributed by atoms with Gasteiger partial charge in [-0.05, 0) is 82.8 Å². The van der Waals surface area contributed by atoms with E-state index in [1.165, 1.54) is 43.5 Å². The van der Waals surface area contributed by atoms with E-state index in [0.717, 1.165) is 76.0 Å². The molecular formula is C32H42FN7O3. The molecule has 11 heteroatoms. The van der Waals surface area contributed by atoms with Crippen molar-refractivity contribution in [2.45, 2.75) is 64.0 Å². The third-order valence-corrected chi connectivity index (χ3v) is 9.19. The molecule has 2 amide bonds. The van der Waals surface area contributed by atoms with E-state index in [0.29, 0.717) is 23.7 Å². The van der Waals surface area contributed by atoms with Gasteiger partial charge in [-0.25, -0.2) is 9.37 Å². The molecule has 230 valence electrons. The van der Waals surface area contributed by atoms with Crippen LogP contribution < -0.4 is 15.7 Å². The fourth-order valence-electron chi connectivity index (χ4n) is 6.75. The van der Waals surface area contributed by atoms with Crippen molar-refractivity contribution in [3.05, 3.63) is 53.5 Å². The highest BCUT2D eigenvalue weighted by molar-refractivity contribution is 5.94. The van der Waals surface area contributed by atoms with E-state index in [4.69, 9.17) is 4.74 Å². The van der Waals surface area contributed by atoms with Gasteiger partial charge in [0.1, 0.15) is 12.4 Å². The van der Waals surface area contributed by atoms with Crippen LogP contribution in [0, 0.1) is 11.7 Å². The molecule has 43 heavy (non-hydrogen) atoms. The van der Waals surface area contributed by atoms with Crippen LogP contribution in [0.15, 0.2) is 41.5 Å². The zero-order valence-corrected chi connectivity index (χ0v) is 24.9. The number of imidazole rings is 1. The second-order valence-corrected chi connectivity index (χ2v) is 12.1. The molecule has 1 aromatic carbocycles. The maximum Gasteiger partial charge on any atom is 0.280 e. The molecule has 2 aliphatic heterocycles. The minimum atomic E-state index is -0.456. The Kier molecular flexibility index (Phi) is 9.18. The van der Waals surface area contributed by atoms with E-state index in [9.17, 15) is 14.0 Å². The number of nitrogens with one attached hydrogen (secondary N) is 2. The molecule has 2 N–H and O–H groups in total. The molecule has 4 heterocycles. The summed E-state index contributed by atoms with van der Waals surface area (Å²) in [5.74, 6) is -0.0775. The lowest BCUT2D eigenvalue weighted by molar-refractivity contribution is -0.139. The largest absolute Gasteiger partial charge is 0.476 e. The number of amides is 2. The summed E-state index contributed by atoms with van der Waals surface area (Å²) in [5.41, 5.74) is 2.34. The minimum absolute atomic E-state index is 0.000750. The summed E-state index contributed by atoms with van der Waals surface area (Å²) in [6.07, 6.45) is 8.61. The number of aromatic amines is 1. The standard InChI is InChI=1S/C32H42FN7O3/c1-22-20-34-13-16-39(22)31(42)24-7-11-26(12-8-24)40-28-19-29(43-18-17-38-14-3-2-4-15-38)35-21-27(28)36-32(40)37-30(41)23-5-9-25(33)10-6-23/h5-6,9-10,19,21-22,24,26,34H,2-4,7-8,11-18,20H2,1H3,(H,36,37,41)/t22-,24-,26+/m1/s1. The van der Waals surface area contributed by atoms with Gasteiger partial charge >= 0.3 is 0 Å². The number of carbonyl (C=O) groups excluding carboxylic acids is 2. The van der Waals surface area contributed by atoms with Crippen molar-refractivity contribution < 1.29 is 18.7 Å². The first-order chi connectivity index (χ1) is 21.0. The summed E-state index contributed by atoms with van der Waals surface area (Å²) in [6, 6.07) is 7.57. The number of carbonyl (C=O) groups is 2. The Morgan fingerprint density at radius 1 is 1.07 bits per heavy atom. The first kappa shape index (κ1) is 29.5. The first-order valence-electron chi connectivity index (χ1n) is 15.8. The maximum atomic E-state index is 13.5. The van der Waals surface area contributed by atoms with Crippen LogP contribution in [0.4, 0.5) is 4.39 Å². The number of aromatic nitrogens is 3. The van der Waals surface area contributed by atoms with Gasteiger partial charge in [-0.3, -0.25) is 14.5 Å². The van der Waals surface area contributed by atoms with Crippen molar-refractivity contribution in [3.63, 3.8) is 0 Å². The minimum Gasteiger partial charge on any atom is -0.476 e. The van der Waals surface area contributed by atoms with E-state index < -0.39 is 11.7 Å². The molecule has 0 radical (unpaired) electrons. The Hall–Kier alpha value is -3.57. The Labute approximate surface area is 251 Å². The summed E-state index contributed by atoms with van der Waals surface area (Å²) in [5, 5.41) is 3.36. The van der Waals surface area contributed by atoms with Crippen molar-refractivity contribution in [1.29, 1.82) is 0 Å². The molecule has 3 aromatic rings. The smallest absolute Gasteiger partial charge is 0.280 e. The Balaban J connectivity index is 1.25. The van der Waals surface area contributed by atoms with E-state index >= 15 is 0 Å². The van der Waals surface area contributed by atoms with Gasteiger partial charge in [-0.1, -0.05) is 6.42 Å². The highest BCUT2D eigenvalue weighted by atomic mass is 19.1. The van der Waals surface area contributed by atoms with Crippen molar-refractivity contribution >= 4 is 22.8 Å². The van der Waals surface area contributed by atoms with Crippen LogP contribution in [0.2, 0.25) is 0 Å². The summed E-state index contributed by atoms with van der Waals surface area (Å²) in [6.45, 7) is 8.15. The van der Waals surface area contributed by atoms with Gasteiger partial charge in [0.05, 0.1) is 17.2 Å². The van der Waals surface area contributed by atoms with Gasteiger partial charge in [-0.15, -0.1) is 0 Å². The molecule has 6 rings (SSSR count). The number of rotatable bonds is 7. The number of hydrogen-bond donors (Lipinski definition) is 2. The molecule has 10 nitrogen and oxygen atoms in total. The predicted octanol–water partition coefficient (Wildman–Crippen LogP) is 3.66. The van der Waals surface area contributed by atoms with Gasteiger partial charge in [0.15, 0.2) is 0 Å². The molecule has 0 spiro atoms. The van der Waals surface area contributed by atoms with Crippen molar-refractivity contribution in [1.82, 2.24) is 29.7 Å². The predicted molar refractivity (Wildman–Crippen MR) is 161 cm³/mol. The second kappa shape index (κ2) is 13.4. The van der Waals surface area contributed by atoms with Crippen LogP contribution in [0.25, 0.3) is 11.0 Å². The number of pyridine rings is 1. The lowest BCUT2D eigenvalue weighted by Gasteiger charge is -2.38. The van der Waals surface area contributed by atoms with E-state index in [-0.39, 0.29) is 23.9 Å². The number of nitrogens with zero attached hydrogens (tertiary/aromatic N) is 5. The van der Waals surface area contributed by atoms with Crippen LogP contribution in [-0.2, 0) is 4.79 Å². The molecule has 3 aliphatic rings. The molecule has 2 aromatic heterocycles. The molecule has 2 saturated heterocycles. The van der Waals surface area contributed by atoms with E-state index in [1.54, 1.807) is 6.20 Å². The fourth-order valence-corrected chi connectivity index (χ4v) is 6.75. The van der Waals surface area contributed by atoms with Gasteiger partial charge in [0, 0.05) is 55.8 Å². The lowest BCUT2D eigenvalue weighted by atomic mass is 9.84. The Morgan fingerprint density at radius 2 is 1.84 bits per heavy atom. The number of halogens is 1. The first-order valence-corrected chi connectivity index (χ1v) is 15.8. The zero-order chi connectivity index (χ0) is 29.8. The molecule has 1 saturated carbocycles. The number of hydrogen-bond acceptors (Lipinski definition) is 6.